The van der Waals surface area contributed by atoms with Gasteiger partial charge >= 0.3 is 0 Å². The molecule has 1 N–H and O–H groups in total. The molecule has 0 amide bonds. The Hall–Kier alpha value is -0.580. The molecule has 0 atom stereocenters. The van der Waals surface area contributed by atoms with Crippen LogP contribution in [0, 0.1) is 0 Å². The fourth-order valence-electron chi connectivity index (χ4n) is 1.17. The van der Waals surface area contributed by atoms with Gasteiger partial charge in [-0.15, -0.1) is 0 Å². The number of likely N-dealkylation sites (N-methyl/N-ethyl adjacent to an activating group) is 1. The van der Waals surface area contributed by atoms with E-state index in [0.717, 1.165) is 0 Å². The van der Waals surface area contributed by atoms with Crippen molar-refractivity contribution in [3.63, 3.8) is 0 Å². The molecule has 5 heteroatoms. The summed E-state index contributed by atoms with van der Waals surface area (Å²) in [6, 6.07) is 3.27. The van der Waals surface area contributed by atoms with Crippen molar-refractivity contribution in [2.45, 2.75) is 0 Å². The van der Waals surface area contributed by atoms with Crippen molar-refractivity contribution in [2.24, 2.45) is 0 Å². The maximum atomic E-state index is 11.7. The molecular formula is C10H11BrClNO2. The standard InChI is InChI=1S/C10H11BrClNO2/c1-13-5-8(14)7-3-6(12)4-9(15-2)10(7)11/h3-4,13H,5H2,1-2H3. The lowest BCUT2D eigenvalue weighted by Crippen LogP contribution is -2.19. The van der Waals surface area contributed by atoms with Gasteiger partial charge < -0.3 is 10.1 Å². The number of nitrogens with one attached hydrogen (secondary N) is 1. The largest absolute Gasteiger partial charge is 0.495 e. The molecule has 15 heavy (non-hydrogen) atoms. The number of hydrogen-bond donors (Lipinski definition) is 1. The third-order valence-electron chi connectivity index (χ3n) is 1.86. The van der Waals surface area contributed by atoms with Crippen LogP contribution in [0.2, 0.25) is 5.02 Å². The third kappa shape index (κ3) is 2.93. The number of benzene rings is 1. The van der Waals surface area contributed by atoms with Gasteiger partial charge in [0.2, 0.25) is 0 Å². The van der Waals surface area contributed by atoms with Crippen LogP contribution in [0.5, 0.6) is 5.75 Å². The van der Waals surface area contributed by atoms with Crippen molar-refractivity contribution < 1.29 is 9.53 Å². The highest BCUT2D eigenvalue weighted by atomic mass is 79.9. The lowest BCUT2D eigenvalue weighted by Gasteiger charge is -2.09. The predicted octanol–water partition coefficient (Wildman–Crippen LogP) is 2.51. The minimum absolute atomic E-state index is 0.0369. The van der Waals surface area contributed by atoms with Crippen LogP contribution < -0.4 is 10.1 Å². The van der Waals surface area contributed by atoms with Gasteiger partial charge in [0.15, 0.2) is 5.78 Å². The molecule has 1 aromatic carbocycles. The highest BCUT2D eigenvalue weighted by Gasteiger charge is 2.14. The molecule has 3 nitrogen and oxygen atoms in total. The molecule has 1 rings (SSSR count). The Morgan fingerprint density at radius 1 is 1.60 bits per heavy atom. The SMILES string of the molecule is CNCC(=O)c1cc(Cl)cc(OC)c1Br. The smallest absolute Gasteiger partial charge is 0.177 e. The van der Waals surface area contributed by atoms with Gasteiger partial charge in [-0.05, 0) is 35.1 Å². The van der Waals surface area contributed by atoms with Gasteiger partial charge in [-0.3, -0.25) is 4.79 Å². The van der Waals surface area contributed by atoms with Crippen LogP contribution in [0.1, 0.15) is 10.4 Å². The number of ether oxygens (including phenoxy) is 1. The first-order chi connectivity index (χ1) is 7.10. The van der Waals surface area contributed by atoms with E-state index >= 15 is 0 Å². The Morgan fingerprint density at radius 3 is 2.80 bits per heavy atom. The molecule has 0 bridgehead atoms. The fourth-order valence-corrected chi connectivity index (χ4v) is 1.99. The summed E-state index contributed by atoms with van der Waals surface area (Å²) in [6.45, 7) is 0.266. The van der Waals surface area contributed by atoms with Gasteiger partial charge in [-0.25, -0.2) is 0 Å². The molecule has 0 unspecified atom stereocenters. The number of carbonyl (C=O) groups is 1. The summed E-state index contributed by atoms with van der Waals surface area (Å²) in [7, 11) is 3.25. The van der Waals surface area contributed by atoms with Gasteiger partial charge in [-0.1, -0.05) is 11.6 Å². The number of hydrogen-bond acceptors (Lipinski definition) is 3. The van der Waals surface area contributed by atoms with Gasteiger partial charge in [0, 0.05) is 10.6 Å². The summed E-state index contributed by atoms with van der Waals surface area (Å²) in [6.07, 6.45) is 0. The topological polar surface area (TPSA) is 38.3 Å². The third-order valence-corrected chi connectivity index (χ3v) is 2.90. The molecule has 0 fully saturated rings. The van der Waals surface area contributed by atoms with E-state index in [1.54, 1.807) is 19.2 Å². The van der Waals surface area contributed by atoms with E-state index in [1.807, 2.05) is 0 Å². The van der Waals surface area contributed by atoms with Gasteiger partial charge in [-0.2, -0.15) is 0 Å². The van der Waals surface area contributed by atoms with Crippen LogP contribution in [-0.2, 0) is 0 Å². The van der Waals surface area contributed by atoms with Crippen LogP contribution in [0.15, 0.2) is 16.6 Å². The van der Waals surface area contributed by atoms with Crippen LogP contribution >= 0.6 is 27.5 Å². The molecule has 0 aliphatic rings. The first-order valence-electron chi connectivity index (χ1n) is 4.31. The molecule has 0 aromatic heterocycles. The Bertz CT molecular complexity index is 382. The van der Waals surface area contributed by atoms with Gasteiger partial charge in [0.1, 0.15) is 5.75 Å². The average molecular weight is 293 g/mol. The maximum absolute atomic E-state index is 11.7. The molecule has 0 heterocycles. The monoisotopic (exact) mass is 291 g/mol. The Kier molecular flexibility index (Phi) is 4.57. The minimum Gasteiger partial charge on any atom is -0.495 e. The van der Waals surface area contributed by atoms with Crippen LogP contribution in [0.3, 0.4) is 0 Å². The lowest BCUT2D eigenvalue weighted by atomic mass is 10.1. The molecule has 0 radical (unpaired) electrons. The van der Waals surface area contributed by atoms with E-state index in [-0.39, 0.29) is 12.3 Å². The summed E-state index contributed by atoms with van der Waals surface area (Å²) in [4.78, 5) is 11.7. The lowest BCUT2D eigenvalue weighted by molar-refractivity contribution is 0.0992. The number of carbonyl (C=O) groups excluding carboxylic acids is 1. The van der Waals surface area contributed by atoms with Crippen molar-refractivity contribution in [1.29, 1.82) is 0 Å². The van der Waals surface area contributed by atoms with E-state index in [2.05, 4.69) is 21.2 Å². The normalized spacial score (nSPS) is 10.1. The first kappa shape index (κ1) is 12.5. The van der Waals surface area contributed by atoms with Crippen molar-refractivity contribution in [3.05, 3.63) is 27.2 Å². The van der Waals surface area contributed by atoms with E-state index < -0.39 is 0 Å². The van der Waals surface area contributed by atoms with E-state index in [0.29, 0.717) is 20.8 Å². The minimum atomic E-state index is -0.0369. The zero-order valence-corrected chi connectivity index (χ0v) is 10.8. The maximum Gasteiger partial charge on any atom is 0.177 e. The summed E-state index contributed by atoms with van der Waals surface area (Å²) < 4.78 is 5.72. The summed E-state index contributed by atoms with van der Waals surface area (Å²) >= 11 is 9.19. The predicted molar refractivity (Wildman–Crippen MR) is 64.0 cm³/mol. The Labute approximate surface area is 102 Å². The molecule has 82 valence electrons. The zero-order valence-electron chi connectivity index (χ0n) is 8.43. The quantitative estimate of drug-likeness (QED) is 0.867. The Morgan fingerprint density at radius 2 is 2.27 bits per heavy atom. The highest BCUT2D eigenvalue weighted by Crippen LogP contribution is 2.32. The van der Waals surface area contributed by atoms with Crippen LogP contribution in [-0.4, -0.2) is 26.5 Å². The summed E-state index contributed by atoms with van der Waals surface area (Å²) in [5, 5.41) is 3.28. The zero-order chi connectivity index (χ0) is 11.4. The van der Waals surface area contributed by atoms with Crippen LogP contribution in [0.4, 0.5) is 0 Å². The molecule has 0 saturated carbocycles. The van der Waals surface area contributed by atoms with E-state index in [1.165, 1.54) is 7.11 Å². The second-order valence-electron chi connectivity index (χ2n) is 2.92. The molecule has 0 saturated heterocycles. The van der Waals surface area contributed by atoms with E-state index in [9.17, 15) is 4.79 Å². The molecule has 0 aliphatic heterocycles. The molecule has 1 aromatic rings. The molecular weight excluding hydrogens is 281 g/mol. The number of halogens is 2. The fraction of sp³-hybridized carbons (Fsp3) is 0.300. The van der Waals surface area contributed by atoms with Gasteiger partial charge in [0.05, 0.1) is 18.1 Å². The molecule has 0 spiro atoms. The second-order valence-corrected chi connectivity index (χ2v) is 4.15. The number of Topliss-reactive ketones (excluding diaryl/α,β-unsaturated/α-hetero) is 1. The number of methoxy groups -OCH3 is 1. The van der Waals surface area contributed by atoms with Crippen molar-refractivity contribution in [2.75, 3.05) is 20.7 Å². The van der Waals surface area contributed by atoms with Crippen molar-refractivity contribution >= 4 is 33.3 Å². The van der Waals surface area contributed by atoms with Crippen molar-refractivity contribution in [3.8, 4) is 5.75 Å². The first-order valence-corrected chi connectivity index (χ1v) is 5.48. The summed E-state index contributed by atoms with van der Waals surface area (Å²) in [5.74, 6) is 0.520. The number of rotatable bonds is 4. The van der Waals surface area contributed by atoms with Crippen molar-refractivity contribution in [1.82, 2.24) is 5.32 Å². The van der Waals surface area contributed by atoms with Gasteiger partial charge in [0.25, 0.3) is 0 Å². The number of ketones is 1. The van der Waals surface area contributed by atoms with E-state index in [4.69, 9.17) is 16.3 Å². The second kappa shape index (κ2) is 5.49. The van der Waals surface area contributed by atoms with Crippen LogP contribution in [0.25, 0.3) is 0 Å². The highest BCUT2D eigenvalue weighted by molar-refractivity contribution is 9.10. The molecule has 0 aliphatic carbocycles. The Balaban J connectivity index is 3.17. The average Bonchev–Trinajstić information content (AvgIpc) is 2.21. The summed E-state index contributed by atoms with van der Waals surface area (Å²) in [5.41, 5.74) is 0.522.